The maximum absolute atomic E-state index is 15.2. The molecule has 6 aromatic rings. The van der Waals surface area contributed by atoms with Crippen molar-refractivity contribution >= 4 is 33.5 Å². The van der Waals surface area contributed by atoms with Crippen LogP contribution >= 0.6 is 0 Å². The second kappa shape index (κ2) is 14.2. The van der Waals surface area contributed by atoms with Crippen molar-refractivity contribution in [1.82, 2.24) is 0 Å². The van der Waals surface area contributed by atoms with Crippen LogP contribution in [-0.2, 0) is 9.47 Å². The number of hydrogen-bond donors (Lipinski definition) is 0. The Bertz CT molecular complexity index is 2250. The third-order valence-electron chi connectivity index (χ3n) is 9.73. The molecule has 54 heavy (non-hydrogen) atoms. The number of esters is 2. The number of hydrogen-bond acceptors (Lipinski definition) is 8. The summed E-state index contributed by atoms with van der Waals surface area (Å²) in [7, 11) is 0. The van der Waals surface area contributed by atoms with E-state index in [0.29, 0.717) is 48.3 Å². The second-order valence-corrected chi connectivity index (χ2v) is 14.6. The molecule has 0 aromatic heterocycles. The summed E-state index contributed by atoms with van der Waals surface area (Å²) in [5.74, 6) is -2.64. The average Bonchev–Trinajstić information content (AvgIpc) is 3.15. The summed E-state index contributed by atoms with van der Waals surface area (Å²) in [6, 6.07) is 29.9. The van der Waals surface area contributed by atoms with E-state index in [2.05, 4.69) is 0 Å². The molecule has 2 aliphatic rings. The van der Waals surface area contributed by atoms with Gasteiger partial charge in [0.05, 0.1) is 50.8 Å². The lowest BCUT2D eigenvalue weighted by Gasteiger charge is -2.37. The van der Waals surface area contributed by atoms with Crippen molar-refractivity contribution in [3.63, 3.8) is 0 Å². The van der Waals surface area contributed by atoms with E-state index in [1.165, 1.54) is 24.3 Å². The first-order valence-electron chi connectivity index (χ1n) is 17.6. The van der Waals surface area contributed by atoms with Crippen LogP contribution in [0.4, 0.5) is 8.78 Å². The van der Waals surface area contributed by atoms with Crippen LogP contribution < -0.4 is 18.9 Å². The molecule has 0 spiro atoms. The monoisotopic (exact) mass is 730 g/mol. The van der Waals surface area contributed by atoms with Gasteiger partial charge in [0.2, 0.25) is 0 Å². The maximum Gasteiger partial charge on any atom is 0.343 e. The minimum Gasteiger partial charge on any atom is -0.490 e. The molecular formula is C44H36F2O8. The van der Waals surface area contributed by atoms with E-state index in [-0.39, 0.29) is 58.2 Å². The van der Waals surface area contributed by atoms with Crippen LogP contribution in [0.3, 0.4) is 0 Å². The predicted octanol–water partition coefficient (Wildman–Crippen LogP) is 9.21. The number of carbonyl (C=O) groups excluding carboxylic acids is 2. The third-order valence-corrected chi connectivity index (χ3v) is 9.73. The van der Waals surface area contributed by atoms with E-state index in [9.17, 15) is 9.59 Å². The molecule has 274 valence electrons. The van der Waals surface area contributed by atoms with Gasteiger partial charge in [-0.05, 0) is 70.1 Å². The highest BCUT2D eigenvalue weighted by Gasteiger charge is 2.35. The summed E-state index contributed by atoms with van der Waals surface area (Å²) in [5, 5.41) is 3.07. The first-order valence-corrected chi connectivity index (χ1v) is 17.6. The van der Waals surface area contributed by atoms with Crippen molar-refractivity contribution in [2.75, 3.05) is 39.6 Å². The van der Waals surface area contributed by atoms with E-state index in [1.807, 2.05) is 74.5 Å². The molecule has 2 heterocycles. The largest absolute Gasteiger partial charge is 0.490 e. The smallest absolute Gasteiger partial charge is 0.343 e. The zero-order chi connectivity index (χ0) is 37.5. The molecule has 2 aliphatic heterocycles. The minimum atomic E-state index is -0.799. The number of carbonyl (C=O) groups is 2. The van der Waals surface area contributed by atoms with Crippen LogP contribution in [-0.4, -0.2) is 51.6 Å². The Kier molecular flexibility index (Phi) is 9.25. The standard InChI is InChI=1S/C44H36F2O8/c1-43(21-49-22-43)25-51-35-15-13-29(19-33(35)45)41(47)53-37-17-11-27-7-3-5-9-31(27)39(37)40-32-10-6-4-8-28(32)12-18-38(40)54-42(48)30-14-16-36(34(46)20-30)52-26-44(2)23-50-24-44/h3-20H,21-26H2,1-2H3. The Morgan fingerprint density at radius 1 is 0.556 bits per heavy atom. The molecule has 0 amide bonds. The van der Waals surface area contributed by atoms with Crippen LogP contribution in [0, 0.1) is 22.5 Å². The molecule has 10 heteroatoms. The van der Waals surface area contributed by atoms with Crippen molar-refractivity contribution in [2.24, 2.45) is 10.8 Å². The van der Waals surface area contributed by atoms with E-state index < -0.39 is 23.6 Å². The summed E-state index contributed by atoms with van der Waals surface area (Å²) in [6.45, 7) is 6.65. The van der Waals surface area contributed by atoms with Gasteiger partial charge in [-0.2, -0.15) is 0 Å². The lowest BCUT2D eigenvalue weighted by atomic mass is 9.90. The van der Waals surface area contributed by atoms with Crippen molar-refractivity contribution in [1.29, 1.82) is 0 Å². The highest BCUT2D eigenvalue weighted by molar-refractivity contribution is 6.11. The molecule has 8 rings (SSSR count). The van der Waals surface area contributed by atoms with Gasteiger partial charge in [-0.15, -0.1) is 0 Å². The number of rotatable bonds is 11. The van der Waals surface area contributed by atoms with Gasteiger partial charge in [-0.1, -0.05) is 74.5 Å². The van der Waals surface area contributed by atoms with Crippen LogP contribution in [0.5, 0.6) is 23.0 Å². The van der Waals surface area contributed by atoms with Crippen molar-refractivity contribution in [2.45, 2.75) is 13.8 Å². The van der Waals surface area contributed by atoms with Crippen LogP contribution in [0.1, 0.15) is 34.6 Å². The molecule has 2 fully saturated rings. The molecule has 0 bridgehead atoms. The first-order chi connectivity index (χ1) is 26.1. The fourth-order valence-electron chi connectivity index (χ4n) is 6.57. The molecule has 2 saturated heterocycles. The SMILES string of the molecule is CC1(COc2ccc(C(=O)Oc3ccc4ccccc4c3-c3c(OC(=O)c4ccc(OCC5(C)COC5)c(F)c4)ccc4ccccc34)cc2F)COC1. The molecule has 6 aromatic carbocycles. The van der Waals surface area contributed by atoms with Crippen LogP contribution in [0.25, 0.3) is 32.7 Å². The molecule has 0 saturated carbocycles. The van der Waals surface area contributed by atoms with Crippen LogP contribution in [0.15, 0.2) is 109 Å². The van der Waals surface area contributed by atoms with Gasteiger partial charge < -0.3 is 28.4 Å². The van der Waals surface area contributed by atoms with Gasteiger partial charge in [0.25, 0.3) is 0 Å². The highest BCUT2D eigenvalue weighted by atomic mass is 19.1. The number of halogens is 2. The Labute approximate surface area is 310 Å². The second-order valence-electron chi connectivity index (χ2n) is 14.6. The van der Waals surface area contributed by atoms with E-state index in [0.717, 1.165) is 22.9 Å². The summed E-state index contributed by atoms with van der Waals surface area (Å²) < 4.78 is 64.4. The Balaban J connectivity index is 1.13. The fourth-order valence-corrected chi connectivity index (χ4v) is 6.57. The minimum absolute atomic E-state index is 0.0217. The molecule has 0 atom stereocenters. The van der Waals surface area contributed by atoms with Crippen molar-refractivity contribution in [3.05, 3.63) is 132 Å². The number of fused-ring (bicyclic) bond motifs is 2. The number of benzene rings is 6. The third kappa shape index (κ3) is 6.98. The first kappa shape index (κ1) is 35.2. The molecule has 0 N–H and O–H groups in total. The molecule has 0 radical (unpaired) electrons. The van der Waals surface area contributed by atoms with Gasteiger partial charge >= 0.3 is 11.9 Å². The molecule has 0 unspecified atom stereocenters. The summed E-state index contributed by atoms with van der Waals surface area (Å²) in [5.41, 5.74) is 0.523. The van der Waals surface area contributed by atoms with Gasteiger partial charge in [0.1, 0.15) is 11.5 Å². The maximum atomic E-state index is 15.2. The zero-order valence-corrected chi connectivity index (χ0v) is 29.7. The average molecular weight is 731 g/mol. The van der Waals surface area contributed by atoms with Crippen LogP contribution in [0.2, 0.25) is 0 Å². The van der Waals surface area contributed by atoms with Gasteiger partial charge in [-0.25, -0.2) is 18.4 Å². The topological polar surface area (TPSA) is 89.5 Å². The summed E-state index contributed by atoms with van der Waals surface area (Å²) in [6.07, 6.45) is 0. The number of ether oxygens (including phenoxy) is 6. The normalized spacial score (nSPS) is 15.6. The van der Waals surface area contributed by atoms with Crippen molar-refractivity contribution in [3.8, 4) is 34.1 Å². The zero-order valence-electron chi connectivity index (χ0n) is 29.7. The Morgan fingerprint density at radius 2 is 0.944 bits per heavy atom. The van der Waals surface area contributed by atoms with Crippen molar-refractivity contribution < 1.29 is 46.8 Å². The quantitative estimate of drug-likeness (QED) is 0.0964. The van der Waals surface area contributed by atoms with Gasteiger partial charge in [0.15, 0.2) is 23.1 Å². The molecular weight excluding hydrogens is 694 g/mol. The van der Waals surface area contributed by atoms with E-state index in [4.69, 9.17) is 28.4 Å². The Hall–Kier alpha value is -5.84. The predicted molar refractivity (Wildman–Crippen MR) is 198 cm³/mol. The van der Waals surface area contributed by atoms with E-state index >= 15 is 8.78 Å². The summed E-state index contributed by atoms with van der Waals surface area (Å²) in [4.78, 5) is 27.4. The molecule has 0 aliphatic carbocycles. The lowest BCUT2D eigenvalue weighted by molar-refractivity contribution is -0.120. The van der Waals surface area contributed by atoms with Gasteiger partial charge in [-0.3, -0.25) is 0 Å². The lowest BCUT2D eigenvalue weighted by Crippen LogP contribution is -2.44. The fraction of sp³-hybridized carbons (Fsp3) is 0.227. The Morgan fingerprint density at radius 3 is 1.31 bits per heavy atom. The summed E-state index contributed by atoms with van der Waals surface area (Å²) >= 11 is 0. The van der Waals surface area contributed by atoms with Gasteiger partial charge in [0, 0.05) is 22.0 Å². The van der Waals surface area contributed by atoms with E-state index in [1.54, 1.807) is 12.1 Å². The molecule has 8 nitrogen and oxygen atoms in total. The highest BCUT2D eigenvalue weighted by Crippen LogP contribution is 2.46.